The van der Waals surface area contributed by atoms with Crippen LogP contribution in [0.3, 0.4) is 0 Å². The summed E-state index contributed by atoms with van der Waals surface area (Å²) >= 11 is 10.9. The molecule has 3 aromatic rings. The summed E-state index contributed by atoms with van der Waals surface area (Å²) in [7, 11) is 0. The monoisotopic (exact) mass is 390 g/mol. The minimum absolute atomic E-state index is 0.518. The Morgan fingerprint density at radius 1 is 0.591 bits per heavy atom. The first-order valence-corrected chi connectivity index (χ1v) is 12.1. The molecule has 0 fully saturated rings. The summed E-state index contributed by atoms with van der Waals surface area (Å²) in [6.45, 7) is 0. The average Bonchev–Trinajstić information content (AvgIpc) is 2.63. The summed E-state index contributed by atoms with van der Waals surface area (Å²) in [5.41, 5.74) is 0.518. The van der Waals surface area contributed by atoms with Gasteiger partial charge in [0.25, 0.3) is 0 Å². The molecule has 0 spiro atoms. The molecular formula is C19H17BrClP. The maximum absolute atomic E-state index is 6.68. The van der Waals surface area contributed by atoms with E-state index in [-0.39, 0.29) is 0 Å². The summed E-state index contributed by atoms with van der Waals surface area (Å²) < 4.78 is 0. The van der Waals surface area contributed by atoms with Crippen molar-refractivity contribution in [1.29, 1.82) is 0 Å². The fourth-order valence-corrected chi connectivity index (χ4v) is 9.93. The zero-order valence-corrected chi connectivity index (χ0v) is 15.3. The molecule has 0 aromatic heterocycles. The van der Waals surface area contributed by atoms with E-state index in [0.717, 1.165) is 0 Å². The molecule has 0 radical (unpaired) electrons. The molecule has 3 heteroatoms. The van der Waals surface area contributed by atoms with Crippen molar-refractivity contribution in [1.82, 2.24) is 0 Å². The Morgan fingerprint density at radius 3 is 1.09 bits per heavy atom. The van der Waals surface area contributed by atoms with Crippen molar-refractivity contribution >= 4 is 48.3 Å². The molecular weight excluding hydrogens is 375 g/mol. The molecule has 0 unspecified atom stereocenters. The van der Waals surface area contributed by atoms with Crippen LogP contribution in [0.4, 0.5) is 0 Å². The Bertz CT molecular complexity index is 645. The van der Waals surface area contributed by atoms with Gasteiger partial charge >= 0.3 is 145 Å². The molecule has 3 aromatic carbocycles. The second kappa shape index (κ2) is 6.16. The first-order chi connectivity index (χ1) is 10.7. The van der Waals surface area contributed by atoms with E-state index in [9.17, 15) is 0 Å². The Balaban J connectivity index is 2.41. The fraction of sp³-hybridized carbons (Fsp3) is 0.0526. The molecule has 0 heterocycles. The zero-order chi connectivity index (χ0) is 15.5. The van der Waals surface area contributed by atoms with Crippen LogP contribution in [0, 0.1) is 0 Å². The van der Waals surface area contributed by atoms with Crippen molar-refractivity contribution in [2.24, 2.45) is 0 Å². The van der Waals surface area contributed by atoms with Crippen molar-refractivity contribution in [2.45, 2.75) is 0 Å². The molecule has 0 saturated heterocycles. The van der Waals surface area contributed by atoms with Gasteiger partial charge in [0.2, 0.25) is 0 Å². The zero-order valence-electron chi connectivity index (χ0n) is 12.1. The Hall–Kier alpha value is -1.14. The number of hydrogen-bond donors (Lipinski definition) is 0. The van der Waals surface area contributed by atoms with E-state index < -0.39 is 5.31 Å². The summed E-state index contributed by atoms with van der Waals surface area (Å²) in [6, 6.07) is 31.7. The molecule has 112 valence electrons. The van der Waals surface area contributed by atoms with Crippen LogP contribution in [0.1, 0.15) is 0 Å². The first-order valence-electron chi connectivity index (χ1n) is 7.16. The predicted molar refractivity (Wildman–Crippen MR) is 105 cm³/mol. The SMILES string of the molecule is ClCP(Br)(c1ccccc1)(c1ccccc1)c1ccccc1. The maximum atomic E-state index is 6.68. The molecule has 0 N–H and O–H groups in total. The molecule has 0 amide bonds. The molecule has 0 saturated carbocycles. The van der Waals surface area contributed by atoms with Gasteiger partial charge in [0.1, 0.15) is 0 Å². The average molecular weight is 392 g/mol. The van der Waals surface area contributed by atoms with Crippen molar-refractivity contribution in [3.63, 3.8) is 0 Å². The van der Waals surface area contributed by atoms with Crippen LogP contribution in [0.5, 0.6) is 0 Å². The molecule has 0 aliphatic carbocycles. The van der Waals surface area contributed by atoms with E-state index in [1.165, 1.54) is 15.9 Å². The van der Waals surface area contributed by atoms with Gasteiger partial charge in [-0.05, 0) is 0 Å². The van der Waals surface area contributed by atoms with E-state index >= 15 is 0 Å². The predicted octanol–water partition coefficient (Wildman–Crippen LogP) is 5.02. The fourth-order valence-electron chi connectivity index (χ4n) is 2.87. The standard InChI is InChI=1S/C19H17BrClP/c20-22(16-21,17-10-4-1-5-11-17,18-12-6-2-7-13-18)19-14-8-3-9-15-19/h1-15H,16H2. The van der Waals surface area contributed by atoms with Gasteiger partial charge in [-0.25, -0.2) is 0 Å². The Labute approximate surface area is 144 Å². The van der Waals surface area contributed by atoms with Crippen LogP contribution in [0.2, 0.25) is 0 Å². The van der Waals surface area contributed by atoms with Gasteiger partial charge in [-0.2, -0.15) is 0 Å². The second-order valence-corrected chi connectivity index (χ2v) is 14.9. The topological polar surface area (TPSA) is 0 Å². The minimum atomic E-state index is -2.82. The third-order valence-electron chi connectivity index (χ3n) is 4.11. The van der Waals surface area contributed by atoms with Crippen LogP contribution in [-0.2, 0) is 0 Å². The summed E-state index contributed by atoms with van der Waals surface area (Å²) in [6.07, 6.45) is 0. The van der Waals surface area contributed by atoms with Gasteiger partial charge in [-0.15, -0.1) is 0 Å². The van der Waals surface area contributed by atoms with Gasteiger partial charge < -0.3 is 0 Å². The number of benzene rings is 3. The van der Waals surface area contributed by atoms with Crippen LogP contribution < -0.4 is 15.9 Å². The molecule has 0 nitrogen and oxygen atoms in total. The molecule has 22 heavy (non-hydrogen) atoms. The molecule has 0 aliphatic heterocycles. The number of rotatable bonds is 4. The molecule has 3 rings (SSSR count). The van der Waals surface area contributed by atoms with Crippen LogP contribution in [-0.4, -0.2) is 5.62 Å². The first kappa shape index (κ1) is 15.7. The van der Waals surface area contributed by atoms with Crippen molar-refractivity contribution < 1.29 is 0 Å². The van der Waals surface area contributed by atoms with E-state index in [0.29, 0.717) is 5.62 Å². The van der Waals surface area contributed by atoms with Gasteiger partial charge in [-0.3, -0.25) is 0 Å². The third-order valence-corrected chi connectivity index (χ3v) is 15.4. The van der Waals surface area contributed by atoms with E-state index in [2.05, 4.69) is 88.3 Å². The number of hydrogen-bond acceptors (Lipinski definition) is 0. The summed E-state index contributed by atoms with van der Waals surface area (Å²) in [5.74, 6) is 0. The second-order valence-electron chi connectivity index (χ2n) is 5.31. The summed E-state index contributed by atoms with van der Waals surface area (Å²) in [5, 5.41) is 0.930. The van der Waals surface area contributed by atoms with Crippen molar-refractivity contribution in [3.05, 3.63) is 91.0 Å². The molecule has 0 aliphatic rings. The quantitative estimate of drug-likeness (QED) is 0.432. The Kier molecular flexibility index (Phi) is 4.41. The van der Waals surface area contributed by atoms with Crippen LogP contribution in [0.15, 0.2) is 91.0 Å². The van der Waals surface area contributed by atoms with E-state index in [1.54, 1.807) is 0 Å². The van der Waals surface area contributed by atoms with Gasteiger partial charge in [0, 0.05) is 0 Å². The molecule has 0 atom stereocenters. The van der Waals surface area contributed by atoms with E-state index in [1.807, 2.05) is 18.2 Å². The van der Waals surface area contributed by atoms with Crippen molar-refractivity contribution in [3.8, 4) is 0 Å². The third kappa shape index (κ3) is 2.33. The van der Waals surface area contributed by atoms with E-state index in [4.69, 9.17) is 11.6 Å². The van der Waals surface area contributed by atoms with Crippen molar-refractivity contribution in [2.75, 3.05) is 5.62 Å². The van der Waals surface area contributed by atoms with Crippen LogP contribution >= 0.6 is 32.4 Å². The number of halogens is 2. The van der Waals surface area contributed by atoms with Crippen LogP contribution in [0.25, 0.3) is 0 Å². The van der Waals surface area contributed by atoms with Gasteiger partial charge in [0.05, 0.1) is 0 Å². The normalized spacial score (nSPS) is 13.3. The van der Waals surface area contributed by atoms with Gasteiger partial charge in [-0.1, -0.05) is 0 Å². The van der Waals surface area contributed by atoms with Gasteiger partial charge in [0.15, 0.2) is 0 Å². The summed E-state index contributed by atoms with van der Waals surface area (Å²) in [4.78, 5) is 0. The molecule has 0 bridgehead atoms. The number of alkyl halides is 1. The Morgan fingerprint density at radius 2 is 0.864 bits per heavy atom.